The number of benzene rings is 2. The zero-order chi connectivity index (χ0) is 15.4. The summed E-state index contributed by atoms with van der Waals surface area (Å²) in [5.74, 6) is 0.910. The van der Waals surface area contributed by atoms with E-state index in [1.165, 1.54) is 11.1 Å². The van der Waals surface area contributed by atoms with Crippen LogP contribution >= 0.6 is 47.8 Å². The average Bonchev–Trinajstić information content (AvgIpc) is 2.43. The summed E-state index contributed by atoms with van der Waals surface area (Å²) >= 11 is 10.6. The third-order valence-electron chi connectivity index (χ3n) is 3.30. The molecule has 0 aliphatic rings. The molecule has 0 saturated heterocycles. The molecule has 0 aliphatic heterocycles. The van der Waals surface area contributed by atoms with Gasteiger partial charge in [-0.25, -0.2) is 0 Å². The number of hydrogen-bond donors (Lipinski definition) is 1. The van der Waals surface area contributed by atoms with Crippen LogP contribution in [0.1, 0.15) is 17.2 Å². The summed E-state index contributed by atoms with van der Waals surface area (Å²) in [5, 5.41) is 3.38. The van der Waals surface area contributed by atoms with Crippen LogP contribution in [0.25, 0.3) is 0 Å². The molecule has 1 N–H and O–H groups in total. The molecule has 0 radical (unpaired) electrons. The maximum atomic E-state index is 5.46. The molecule has 112 valence electrons. The smallest absolute Gasteiger partial charge is 0.122 e. The maximum absolute atomic E-state index is 5.46. The number of methoxy groups -OCH3 is 1. The molecule has 5 heteroatoms. The van der Waals surface area contributed by atoms with Crippen molar-refractivity contribution >= 4 is 47.8 Å². The van der Waals surface area contributed by atoms with E-state index in [9.17, 15) is 0 Å². The highest BCUT2D eigenvalue weighted by Crippen LogP contribution is 2.30. The highest BCUT2D eigenvalue weighted by molar-refractivity contribution is 9.11. The van der Waals surface area contributed by atoms with E-state index in [2.05, 4.69) is 71.3 Å². The number of likely N-dealkylation sites (N-methyl/N-ethyl adjacent to an activating group) is 1. The fourth-order valence-corrected chi connectivity index (χ4v) is 4.03. The van der Waals surface area contributed by atoms with E-state index in [0.29, 0.717) is 0 Å². The number of nitrogens with one attached hydrogen (secondary N) is 1. The van der Waals surface area contributed by atoms with Crippen LogP contribution in [0.4, 0.5) is 0 Å². The summed E-state index contributed by atoms with van der Waals surface area (Å²) in [5.41, 5.74) is 2.39. The molecule has 2 rings (SSSR count). The standard InChI is InChI=1S/C16H16Br3NO/c1-20-15(10-5-13(18)9-14(19)6-10)8-11-7-12(17)3-4-16(11)21-2/h3-7,9,15,20H,8H2,1-2H3. The molecule has 2 aromatic carbocycles. The van der Waals surface area contributed by atoms with Crippen LogP contribution in [0.2, 0.25) is 0 Å². The van der Waals surface area contributed by atoms with Gasteiger partial charge >= 0.3 is 0 Å². The van der Waals surface area contributed by atoms with E-state index >= 15 is 0 Å². The summed E-state index contributed by atoms with van der Waals surface area (Å²) in [6.07, 6.45) is 0.849. The molecule has 0 amide bonds. The molecule has 0 saturated carbocycles. The van der Waals surface area contributed by atoms with Gasteiger partial charge in [-0.1, -0.05) is 47.8 Å². The SMILES string of the molecule is CNC(Cc1cc(Br)ccc1OC)c1cc(Br)cc(Br)c1. The van der Waals surface area contributed by atoms with E-state index in [1.807, 2.05) is 25.2 Å². The Bertz CT molecular complexity index is 611. The van der Waals surface area contributed by atoms with Crippen LogP contribution in [0.5, 0.6) is 5.75 Å². The lowest BCUT2D eigenvalue weighted by atomic mass is 9.98. The van der Waals surface area contributed by atoms with Crippen LogP contribution in [0.3, 0.4) is 0 Å². The van der Waals surface area contributed by atoms with Gasteiger partial charge in [0.15, 0.2) is 0 Å². The summed E-state index contributed by atoms with van der Waals surface area (Å²) in [6, 6.07) is 12.6. The van der Waals surface area contributed by atoms with Crippen molar-refractivity contribution in [1.29, 1.82) is 0 Å². The minimum absolute atomic E-state index is 0.210. The number of rotatable bonds is 5. The second-order valence-electron chi connectivity index (χ2n) is 4.70. The molecular formula is C16H16Br3NO. The van der Waals surface area contributed by atoms with Crippen molar-refractivity contribution < 1.29 is 4.74 Å². The summed E-state index contributed by atoms with van der Waals surface area (Å²) in [7, 11) is 3.68. The van der Waals surface area contributed by atoms with Gasteiger partial charge in [-0.3, -0.25) is 0 Å². The second kappa shape index (κ2) is 7.77. The Morgan fingerprint density at radius 3 is 2.24 bits per heavy atom. The normalized spacial score (nSPS) is 12.2. The van der Waals surface area contributed by atoms with Gasteiger partial charge in [0.1, 0.15) is 5.75 Å². The molecule has 0 spiro atoms. The van der Waals surface area contributed by atoms with E-state index in [-0.39, 0.29) is 6.04 Å². The fraction of sp³-hybridized carbons (Fsp3) is 0.250. The van der Waals surface area contributed by atoms with Crippen molar-refractivity contribution in [3.05, 3.63) is 60.9 Å². The third-order valence-corrected chi connectivity index (χ3v) is 4.71. The van der Waals surface area contributed by atoms with E-state index in [0.717, 1.165) is 25.6 Å². The largest absolute Gasteiger partial charge is 0.496 e. The van der Waals surface area contributed by atoms with Gasteiger partial charge in [0.25, 0.3) is 0 Å². The van der Waals surface area contributed by atoms with Gasteiger partial charge < -0.3 is 10.1 Å². The van der Waals surface area contributed by atoms with E-state index in [4.69, 9.17) is 4.74 Å². The molecule has 0 aromatic heterocycles. The predicted molar refractivity (Wildman–Crippen MR) is 98.0 cm³/mol. The minimum Gasteiger partial charge on any atom is -0.496 e. The first-order chi connectivity index (χ1) is 10.0. The Labute approximate surface area is 150 Å². The molecule has 21 heavy (non-hydrogen) atoms. The van der Waals surface area contributed by atoms with Crippen molar-refractivity contribution in [2.24, 2.45) is 0 Å². The highest BCUT2D eigenvalue weighted by Gasteiger charge is 2.14. The lowest BCUT2D eigenvalue weighted by molar-refractivity contribution is 0.406. The number of halogens is 3. The van der Waals surface area contributed by atoms with Gasteiger partial charge in [-0.15, -0.1) is 0 Å². The molecular weight excluding hydrogens is 462 g/mol. The molecule has 1 unspecified atom stereocenters. The maximum Gasteiger partial charge on any atom is 0.122 e. The fourth-order valence-electron chi connectivity index (χ4n) is 2.29. The minimum atomic E-state index is 0.210. The van der Waals surface area contributed by atoms with Gasteiger partial charge in [-0.2, -0.15) is 0 Å². The van der Waals surface area contributed by atoms with E-state index < -0.39 is 0 Å². The first-order valence-electron chi connectivity index (χ1n) is 6.49. The van der Waals surface area contributed by atoms with Crippen LogP contribution in [-0.2, 0) is 6.42 Å². The van der Waals surface area contributed by atoms with Gasteiger partial charge in [0, 0.05) is 19.5 Å². The van der Waals surface area contributed by atoms with Crippen molar-refractivity contribution in [2.75, 3.05) is 14.2 Å². The lowest BCUT2D eigenvalue weighted by Gasteiger charge is -2.19. The zero-order valence-electron chi connectivity index (χ0n) is 11.8. The van der Waals surface area contributed by atoms with Gasteiger partial charge in [0.05, 0.1) is 7.11 Å². The second-order valence-corrected chi connectivity index (χ2v) is 7.45. The van der Waals surface area contributed by atoms with Gasteiger partial charge in [0.2, 0.25) is 0 Å². The quantitative estimate of drug-likeness (QED) is 0.615. The molecule has 0 aliphatic carbocycles. The lowest BCUT2D eigenvalue weighted by Crippen LogP contribution is -2.19. The summed E-state index contributed by atoms with van der Waals surface area (Å²) in [4.78, 5) is 0. The Morgan fingerprint density at radius 2 is 1.67 bits per heavy atom. The Balaban J connectivity index is 2.32. The Hall–Kier alpha value is -0.360. The first-order valence-corrected chi connectivity index (χ1v) is 8.87. The third kappa shape index (κ3) is 4.55. The average molecular weight is 478 g/mol. The van der Waals surface area contributed by atoms with Crippen LogP contribution in [0.15, 0.2) is 49.8 Å². The topological polar surface area (TPSA) is 21.3 Å². The molecule has 0 fully saturated rings. The number of ether oxygens (including phenoxy) is 1. The van der Waals surface area contributed by atoms with Crippen molar-refractivity contribution in [1.82, 2.24) is 5.32 Å². The van der Waals surface area contributed by atoms with Crippen LogP contribution < -0.4 is 10.1 Å². The van der Waals surface area contributed by atoms with Crippen molar-refractivity contribution in [2.45, 2.75) is 12.5 Å². The Kier molecular flexibility index (Phi) is 6.29. The number of hydrogen-bond acceptors (Lipinski definition) is 2. The van der Waals surface area contributed by atoms with E-state index in [1.54, 1.807) is 7.11 Å². The molecule has 1 atom stereocenters. The summed E-state index contributed by atoms with van der Waals surface area (Å²) in [6.45, 7) is 0. The molecule has 2 nitrogen and oxygen atoms in total. The molecule has 0 bridgehead atoms. The monoisotopic (exact) mass is 475 g/mol. The summed E-state index contributed by atoms with van der Waals surface area (Å²) < 4.78 is 8.65. The predicted octanol–water partition coefficient (Wildman–Crippen LogP) is 5.49. The highest BCUT2D eigenvalue weighted by atomic mass is 79.9. The molecule has 2 aromatic rings. The Morgan fingerprint density at radius 1 is 1.00 bits per heavy atom. The first kappa shape index (κ1) is 17.0. The molecule has 0 heterocycles. The zero-order valence-corrected chi connectivity index (χ0v) is 16.5. The van der Waals surface area contributed by atoms with Crippen LogP contribution in [-0.4, -0.2) is 14.2 Å². The van der Waals surface area contributed by atoms with Gasteiger partial charge in [-0.05, 0) is 61.0 Å². The van der Waals surface area contributed by atoms with Crippen molar-refractivity contribution in [3.8, 4) is 5.75 Å². The van der Waals surface area contributed by atoms with Crippen LogP contribution in [0, 0.1) is 0 Å². The van der Waals surface area contributed by atoms with Crippen molar-refractivity contribution in [3.63, 3.8) is 0 Å².